The molecule has 1 fully saturated rings. The molecule has 0 aliphatic carbocycles. The summed E-state index contributed by atoms with van der Waals surface area (Å²) in [5, 5.41) is 2.45. The zero-order valence-corrected chi connectivity index (χ0v) is 5.52. The SMILES string of the molecule is FC(F)(F)OC1CO[CH]CN1. The average molecular weight is 170 g/mol. The van der Waals surface area contributed by atoms with E-state index in [1.165, 1.54) is 6.61 Å². The van der Waals surface area contributed by atoms with Crippen LogP contribution in [0.4, 0.5) is 13.2 Å². The predicted molar refractivity (Wildman–Crippen MR) is 29.2 cm³/mol. The first kappa shape index (κ1) is 8.76. The van der Waals surface area contributed by atoms with Crippen molar-refractivity contribution in [2.75, 3.05) is 13.2 Å². The third-order valence-electron chi connectivity index (χ3n) is 1.07. The summed E-state index contributed by atoms with van der Waals surface area (Å²) in [6.45, 7) is 1.54. The van der Waals surface area contributed by atoms with Crippen LogP contribution < -0.4 is 5.32 Å². The minimum Gasteiger partial charge on any atom is -0.370 e. The van der Waals surface area contributed by atoms with E-state index in [1.54, 1.807) is 0 Å². The molecule has 1 saturated heterocycles. The highest BCUT2D eigenvalue weighted by Gasteiger charge is 2.34. The Morgan fingerprint density at radius 1 is 1.55 bits per heavy atom. The second-order valence-corrected chi connectivity index (χ2v) is 1.96. The summed E-state index contributed by atoms with van der Waals surface area (Å²) in [5.41, 5.74) is 0. The van der Waals surface area contributed by atoms with Gasteiger partial charge in [0.05, 0.1) is 13.2 Å². The molecule has 1 atom stereocenters. The fraction of sp³-hybridized carbons (Fsp3) is 0.800. The molecule has 0 bridgehead atoms. The van der Waals surface area contributed by atoms with Crippen molar-refractivity contribution in [1.82, 2.24) is 5.32 Å². The van der Waals surface area contributed by atoms with E-state index < -0.39 is 12.6 Å². The van der Waals surface area contributed by atoms with Gasteiger partial charge in [-0.25, -0.2) is 0 Å². The van der Waals surface area contributed by atoms with Gasteiger partial charge < -0.3 is 4.74 Å². The first-order chi connectivity index (χ1) is 5.08. The Morgan fingerprint density at radius 2 is 2.27 bits per heavy atom. The molecule has 6 heteroatoms. The molecule has 1 heterocycles. The molecule has 1 radical (unpaired) electrons. The highest BCUT2D eigenvalue weighted by molar-refractivity contribution is 4.67. The van der Waals surface area contributed by atoms with E-state index in [0.29, 0.717) is 0 Å². The number of morpholine rings is 1. The second kappa shape index (κ2) is 3.38. The number of alkyl halides is 3. The van der Waals surface area contributed by atoms with E-state index in [4.69, 9.17) is 0 Å². The molecular formula is C5H7F3NO2. The maximum absolute atomic E-state index is 11.5. The fourth-order valence-corrected chi connectivity index (χ4v) is 0.690. The Bertz CT molecular complexity index is 121. The number of nitrogens with one attached hydrogen (secondary N) is 1. The van der Waals surface area contributed by atoms with Gasteiger partial charge in [0.25, 0.3) is 0 Å². The lowest BCUT2D eigenvalue weighted by Gasteiger charge is -2.24. The van der Waals surface area contributed by atoms with Crippen molar-refractivity contribution >= 4 is 0 Å². The molecule has 1 aliphatic heterocycles. The molecule has 0 saturated carbocycles. The van der Waals surface area contributed by atoms with Gasteiger partial charge in [0.2, 0.25) is 0 Å². The molecule has 11 heavy (non-hydrogen) atoms. The second-order valence-electron chi connectivity index (χ2n) is 1.96. The molecule has 0 spiro atoms. The summed E-state index contributed by atoms with van der Waals surface area (Å²) in [6, 6.07) is 0. The van der Waals surface area contributed by atoms with Gasteiger partial charge in [0.15, 0.2) is 0 Å². The zero-order valence-electron chi connectivity index (χ0n) is 5.52. The molecule has 0 amide bonds. The van der Waals surface area contributed by atoms with Crippen LogP contribution in [0.15, 0.2) is 0 Å². The molecule has 65 valence electrons. The van der Waals surface area contributed by atoms with Gasteiger partial charge in [-0.15, -0.1) is 13.2 Å². The van der Waals surface area contributed by atoms with Gasteiger partial charge in [0, 0.05) is 6.54 Å². The van der Waals surface area contributed by atoms with Crippen LogP contribution in [0.1, 0.15) is 0 Å². The first-order valence-electron chi connectivity index (χ1n) is 2.99. The Labute approximate surface area is 61.5 Å². The molecule has 1 rings (SSSR count). The Kier molecular flexibility index (Phi) is 2.69. The lowest BCUT2D eigenvalue weighted by atomic mass is 10.5. The molecule has 1 unspecified atom stereocenters. The maximum Gasteiger partial charge on any atom is 0.524 e. The van der Waals surface area contributed by atoms with Crippen molar-refractivity contribution in [3.05, 3.63) is 6.61 Å². The molecular weight excluding hydrogens is 163 g/mol. The van der Waals surface area contributed by atoms with Crippen LogP contribution in [0, 0.1) is 6.61 Å². The lowest BCUT2D eigenvalue weighted by molar-refractivity contribution is -0.351. The standard InChI is InChI=1S/C5H7F3NO2/c6-5(7,8)11-4-3-10-2-1-9-4/h2,4,9H,1,3H2. The van der Waals surface area contributed by atoms with Crippen LogP contribution in [0.2, 0.25) is 0 Å². The number of halogens is 3. The molecule has 0 aromatic heterocycles. The van der Waals surface area contributed by atoms with Crippen LogP contribution in [0.5, 0.6) is 0 Å². The lowest BCUT2D eigenvalue weighted by Crippen LogP contribution is -2.44. The van der Waals surface area contributed by atoms with Gasteiger partial charge in [-0.1, -0.05) is 0 Å². The Hall–Kier alpha value is -0.330. The number of hydrogen-bond acceptors (Lipinski definition) is 3. The van der Waals surface area contributed by atoms with Crippen LogP contribution in [-0.2, 0) is 9.47 Å². The van der Waals surface area contributed by atoms with E-state index in [-0.39, 0.29) is 13.2 Å². The molecule has 1 N–H and O–H groups in total. The number of ether oxygens (including phenoxy) is 2. The minimum absolute atomic E-state index is 0.112. The van der Waals surface area contributed by atoms with Crippen LogP contribution in [-0.4, -0.2) is 25.7 Å². The van der Waals surface area contributed by atoms with Gasteiger partial charge in [0.1, 0.15) is 6.23 Å². The van der Waals surface area contributed by atoms with E-state index in [0.717, 1.165) is 0 Å². The van der Waals surface area contributed by atoms with Gasteiger partial charge in [-0.2, -0.15) is 0 Å². The number of hydrogen-bond donors (Lipinski definition) is 1. The van der Waals surface area contributed by atoms with Crippen LogP contribution >= 0.6 is 0 Å². The van der Waals surface area contributed by atoms with Crippen molar-refractivity contribution in [1.29, 1.82) is 0 Å². The highest BCUT2D eigenvalue weighted by Crippen LogP contribution is 2.18. The van der Waals surface area contributed by atoms with Gasteiger partial charge >= 0.3 is 6.36 Å². The Balaban J connectivity index is 2.24. The maximum atomic E-state index is 11.5. The van der Waals surface area contributed by atoms with Crippen molar-refractivity contribution in [2.24, 2.45) is 0 Å². The number of rotatable bonds is 1. The van der Waals surface area contributed by atoms with Crippen LogP contribution in [0.25, 0.3) is 0 Å². The van der Waals surface area contributed by atoms with Crippen LogP contribution in [0.3, 0.4) is 0 Å². The molecule has 1 aliphatic rings. The van der Waals surface area contributed by atoms with E-state index in [9.17, 15) is 13.2 Å². The summed E-state index contributed by atoms with van der Waals surface area (Å²) in [6.07, 6.45) is -5.68. The smallest absolute Gasteiger partial charge is 0.370 e. The van der Waals surface area contributed by atoms with E-state index in [1.807, 2.05) is 0 Å². The fourth-order valence-electron chi connectivity index (χ4n) is 0.690. The predicted octanol–water partition coefficient (Wildman–Crippen LogP) is 0.630. The molecule has 3 nitrogen and oxygen atoms in total. The molecule has 0 aromatic carbocycles. The van der Waals surface area contributed by atoms with Crippen molar-refractivity contribution < 1.29 is 22.6 Å². The highest BCUT2D eigenvalue weighted by atomic mass is 19.4. The summed E-state index contributed by atoms with van der Waals surface area (Å²) in [5.74, 6) is 0. The monoisotopic (exact) mass is 170 g/mol. The molecule has 0 aromatic rings. The Morgan fingerprint density at radius 3 is 2.73 bits per heavy atom. The normalized spacial score (nSPS) is 27.0. The third-order valence-corrected chi connectivity index (χ3v) is 1.07. The average Bonchev–Trinajstić information content (AvgIpc) is 1.85. The van der Waals surface area contributed by atoms with Crippen molar-refractivity contribution in [3.8, 4) is 0 Å². The zero-order chi connectivity index (χ0) is 8.32. The summed E-state index contributed by atoms with van der Waals surface area (Å²) >= 11 is 0. The largest absolute Gasteiger partial charge is 0.524 e. The van der Waals surface area contributed by atoms with E-state index in [2.05, 4.69) is 14.8 Å². The summed E-state index contributed by atoms with van der Waals surface area (Å²) in [7, 11) is 0. The van der Waals surface area contributed by atoms with E-state index >= 15 is 0 Å². The topological polar surface area (TPSA) is 30.5 Å². The minimum atomic E-state index is -4.60. The third kappa shape index (κ3) is 3.54. The summed E-state index contributed by atoms with van der Waals surface area (Å²) in [4.78, 5) is 0. The van der Waals surface area contributed by atoms with Crippen molar-refractivity contribution in [2.45, 2.75) is 12.6 Å². The van der Waals surface area contributed by atoms with Gasteiger partial charge in [-0.3, -0.25) is 10.1 Å². The quantitative estimate of drug-likeness (QED) is 0.626. The van der Waals surface area contributed by atoms with Crippen molar-refractivity contribution in [3.63, 3.8) is 0 Å². The van der Waals surface area contributed by atoms with Gasteiger partial charge in [-0.05, 0) is 0 Å². The summed E-state index contributed by atoms with van der Waals surface area (Å²) < 4.78 is 42.8. The first-order valence-corrected chi connectivity index (χ1v) is 2.99.